The summed E-state index contributed by atoms with van der Waals surface area (Å²) in [5, 5.41) is 2.18. The first kappa shape index (κ1) is 12.6. The van der Waals surface area contributed by atoms with Crippen molar-refractivity contribution in [3.05, 3.63) is 41.5 Å². The van der Waals surface area contributed by atoms with Crippen LogP contribution in [0.15, 0.2) is 30.3 Å². The van der Waals surface area contributed by atoms with Gasteiger partial charge in [-0.15, -0.1) is 0 Å². The normalized spacial score (nSPS) is 10.9. The fourth-order valence-electron chi connectivity index (χ4n) is 2.10. The van der Waals surface area contributed by atoms with Gasteiger partial charge in [-0.2, -0.15) is 0 Å². The fourth-order valence-corrected chi connectivity index (χ4v) is 2.10. The van der Waals surface area contributed by atoms with E-state index in [0.717, 1.165) is 27.6 Å². The average molecular weight is 242 g/mol. The highest BCUT2D eigenvalue weighted by atomic mass is 16.5. The first-order valence-electron chi connectivity index (χ1n) is 6.15. The number of fused-ring (bicyclic) bond motifs is 1. The monoisotopic (exact) mass is 242 g/mol. The summed E-state index contributed by atoms with van der Waals surface area (Å²) in [4.78, 5) is 12.0. The molecule has 0 atom stereocenters. The molecule has 0 fully saturated rings. The lowest BCUT2D eigenvalue weighted by atomic mass is 9.97. The molecule has 0 saturated carbocycles. The van der Waals surface area contributed by atoms with E-state index in [9.17, 15) is 4.79 Å². The van der Waals surface area contributed by atoms with E-state index < -0.39 is 0 Å². The number of ketones is 1. The van der Waals surface area contributed by atoms with E-state index in [1.807, 2.05) is 45.0 Å². The minimum absolute atomic E-state index is 0.0294. The number of hydrogen-bond donors (Lipinski definition) is 0. The van der Waals surface area contributed by atoms with E-state index in [2.05, 4.69) is 6.07 Å². The number of rotatable bonds is 3. The lowest BCUT2D eigenvalue weighted by Crippen LogP contribution is -2.07. The van der Waals surface area contributed by atoms with Crippen LogP contribution in [0.2, 0.25) is 0 Å². The zero-order valence-corrected chi connectivity index (χ0v) is 11.3. The summed E-state index contributed by atoms with van der Waals surface area (Å²) in [6.45, 7) is 5.85. The van der Waals surface area contributed by atoms with Gasteiger partial charge in [0.2, 0.25) is 0 Å². The topological polar surface area (TPSA) is 26.3 Å². The van der Waals surface area contributed by atoms with Crippen molar-refractivity contribution in [3.8, 4) is 5.75 Å². The van der Waals surface area contributed by atoms with Crippen molar-refractivity contribution in [3.63, 3.8) is 0 Å². The number of Topliss-reactive ketones (excluding diaryl/α,β-unsaturated/α-hetero) is 1. The molecule has 0 saturated heterocycles. The first-order chi connectivity index (χ1) is 8.52. The molecule has 0 aromatic heterocycles. The van der Waals surface area contributed by atoms with Crippen LogP contribution in [0.4, 0.5) is 0 Å². The maximum atomic E-state index is 12.0. The predicted octanol–water partition coefficient (Wildman–Crippen LogP) is 4.00. The van der Waals surface area contributed by atoms with Gasteiger partial charge in [0.15, 0.2) is 5.78 Å². The van der Waals surface area contributed by atoms with Gasteiger partial charge in [0.1, 0.15) is 5.75 Å². The van der Waals surface area contributed by atoms with Crippen molar-refractivity contribution in [2.45, 2.75) is 20.8 Å². The molecule has 0 spiro atoms. The molecule has 2 aromatic rings. The van der Waals surface area contributed by atoms with Gasteiger partial charge < -0.3 is 4.74 Å². The fraction of sp³-hybridized carbons (Fsp3) is 0.312. The van der Waals surface area contributed by atoms with Crippen LogP contribution in [0, 0.1) is 12.8 Å². The Morgan fingerprint density at radius 2 is 1.83 bits per heavy atom. The van der Waals surface area contributed by atoms with Crippen molar-refractivity contribution in [1.29, 1.82) is 0 Å². The molecule has 2 nitrogen and oxygen atoms in total. The molecule has 18 heavy (non-hydrogen) atoms. The third-order valence-corrected chi connectivity index (χ3v) is 3.16. The van der Waals surface area contributed by atoms with Crippen LogP contribution in [0.1, 0.15) is 29.8 Å². The summed E-state index contributed by atoms with van der Waals surface area (Å²) in [7, 11) is 1.67. The van der Waals surface area contributed by atoms with Gasteiger partial charge in [-0.05, 0) is 41.5 Å². The third-order valence-electron chi connectivity index (χ3n) is 3.16. The van der Waals surface area contributed by atoms with E-state index >= 15 is 0 Å². The van der Waals surface area contributed by atoms with E-state index in [1.54, 1.807) is 7.11 Å². The molecule has 0 bridgehead atoms. The molecular formula is C16H18O2. The predicted molar refractivity (Wildman–Crippen MR) is 74.4 cm³/mol. The standard InChI is InChI=1S/C16H18O2/c1-10(2)16(17)13-6-5-12-9-15(18-4)11(3)7-14(12)8-13/h5-10H,1-4H3. The van der Waals surface area contributed by atoms with E-state index in [4.69, 9.17) is 4.74 Å². The lowest BCUT2D eigenvalue weighted by molar-refractivity contribution is 0.0939. The largest absolute Gasteiger partial charge is 0.496 e. The number of carbonyl (C=O) groups excluding carboxylic acids is 1. The number of aryl methyl sites for hydroxylation is 1. The second-order valence-electron chi connectivity index (χ2n) is 4.90. The zero-order chi connectivity index (χ0) is 13.3. The molecule has 0 aliphatic carbocycles. The summed E-state index contributed by atoms with van der Waals surface area (Å²) >= 11 is 0. The molecule has 0 heterocycles. The Labute approximate surface area is 108 Å². The van der Waals surface area contributed by atoms with E-state index in [0.29, 0.717) is 0 Å². The molecule has 0 radical (unpaired) electrons. The van der Waals surface area contributed by atoms with Gasteiger partial charge in [-0.1, -0.05) is 26.0 Å². The van der Waals surface area contributed by atoms with Gasteiger partial charge in [0.25, 0.3) is 0 Å². The van der Waals surface area contributed by atoms with Crippen molar-refractivity contribution >= 4 is 16.6 Å². The Hall–Kier alpha value is -1.83. The summed E-state index contributed by atoms with van der Waals surface area (Å²) in [6, 6.07) is 9.90. The summed E-state index contributed by atoms with van der Waals surface area (Å²) in [5.41, 5.74) is 1.86. The van der Waals surface area contributed by atoms with Crippen LogP contribution in [-0.4, -0.2) is 12.9 Å². The number of hydrogen-bond acceptors (Lipinski definition) is 2. The van der Waals surface area contributed by atoms with Crippen LogP contribution in [0.25, 0.3) is 10.8 Å². The maximum Gasteiger partial charge on any atom is 0.165 e. The Balaban J connectivity index is 2.55. The second kappa shape index (κ2) is 4.81. The van der Waals surface area contributed by atoms with Crippen molar-refractivity contribution in [1.82, 2.24) is 0 Å². The highest BCUT2D eigenvalue weighted by Crippen LogP contribution is 2.26. The van der Waals surface area contributed by atoms with Gasteiger partial charge in [-0.25, -0.2) is 0 Å². The van der Waals surface area contributed by atoms with Crippen LogP contribution in [0.5, 0.6) is 5.75 Å². The second-order valence-corrected chi connectivity index (χ2v) is 4.90. The van der Waals surface area contributed by atoms with Crippen LogP contribution in [0.3, 0.4) is 0 Å². The molecule has 2 aromatic carbocycles. The minimum Gasteiger partial charge on any atom is -0.496 e. The molecule has 0 amide bonds. The van der Waals surface area contributed by atoms with Crippen LogP contribution < -0.4 is 4.74 Å². The highest BCUT2D eigenvalue weighted by Gasteiger charge is 2.11. The Bertz CT molecular complexity index is 597. The van der Waals surface area contributed by atoms with Crippen molar-refractivity contribution in [2.75, 3.05) is 7.11 Å². The first-order valence-corrected chi connectivity index (χ1v) is 6.15. The van der Waals surface area contributed by atoms with Gasteiger partial charge in [-0.3, -0.25) is 4.79 Å². The molecule has 94 valence electrons. The number of ether oxygens (including phenoxy) is 1. The smallest absolute Gasteiger partial charge is 0.165 e. The third kappa shape index (κ3) is 2.23. The Morgan fingerprint density at radius 3 is 2.44 bits per heavy atom. The minimum atomic E-state index is 0.0294. The SMILES string of the molecule is COc1cc2ccc(C(=O)C(C)C)cc2cc1C. The number of methoxy groups -OCH3 is 1. The zero-order valence-electron chi connectivity index (χ0n) is 11.3. The van der Waals surface area contributed by atoms with Gasteiger partial charge >= 0.3 is 0 Å². The molecule has 2 heteroatoms. The van der Waals surface area contributed by atoms with E-state index in [1.165, 1.54) is 0 Å². The van der Waals surface area contributed by atoms with E-state index in [-0.39, 0.29) is 11.7 Å². The molecule has 0 aliphatic rings. The summed E-state index contributed by atoms with van der Waals surface area (Å²) < 4.78 is 5.30. The maximum absolute atomic E-state index is 12.0. The molecule has 0 N–H and O–H groups in total. The Morgan fingerprint density at radius 1 is 1.11 bits per heavy atom. The van der Waals surface area contributed by atoms with Crippen LogP contribution in [-0.2, 0) is 0 Å². The van der Waals surface area contributed by atoms with Crippen molar-refractivity contribution < 1.29 is 9.53 Å². The quantitative estimate of drug-likeness (QED) is 0.760. The number of benzene rings is 2. The highest BCUT2D eigenvalue weighted by molar-refractivity contribution is 6.01. The Kier molecular flexibility index (Phi) is 3.37. The summed E-state index contributed by atoms with van der Waals surface area (Å²) in [5.74, 6) is 1.10. The van der Waals surface area contributed by atoms with Gasteiger partial charge in [0, 0.05) is 11.5 Å². The van der Waals surface area contributed by atoms with Crippen LogP contribution >= 0.6 is 0 Å². The molecular weight excluding hydrogens is 224 g/mol. The van der Waals surface area contributed by atoms with Gasteiger partial charge in [0.05, 0.1) is 7.11 Å². The lowest BCUT2D eigenvalue weighted by Gasteiger charge is -2.09. The van der Waals surface area contributed by atoms with Crippen molar-refractivity contribution in [2.24, 2.45) is 5.92 Å². The summed E-state index contributed by atoms with van der Waals surface area (Å²) in [6.07, 6.45) is 0. The molecule has 2 rings (SSSR count). The molecule has 0 unspecified atom stereocenters. The molecule has 0 aliphatic heterocycles. The average Bonchev–Trinajstić information content (AvgIpc) is 2.36. The number of carbonyl (C=O) groups is 1.